The van der Waals surface area contributed by atoms with Crippen molar-refractivity contribution < 1.29 is 4.74 Å². The van der Waals surface area contributed by atoms with Crippen molar-refractivity contribution in [3.63, 3.8) is 0 Å². The van der Waals surface area contributed by atoms with Gasteiger partial charge in [-0.15, -0.1) is 0 Å². The van der Waals surface area contributed by atoms with E-state index < -0.39 is 0 Å². The number of aromatic nitrogens is 2. The van der Waals surface area contributed by atoms with Crippen LogP contribution >= 0.6 is 15.9 Å². The SMILES string of the molecule is COc1nc(NCC2(N(C)C)CCCC2)ncc1Br. The summed E-state index contributed by atoms with van der Waals surface area (Å²) in [4.78, 5) is 10.9. The fourth-order valence-corrected chi connectivity index (χ4v) is 2.99. The first-order valence-corrected chi connectivity index (χ1v) is 7.34. The van der Waals surface area contributed by atoms with Crippen molar-refractivity contribution in [2.24, 2.45) is 0 Å². The van der Waals surface area contributed by atoms with Gasteiger partial charge in [0.15, 0.2) is 0 Å². The second-order valence-electron chi connectivity index (χ2n) is 5.23. The number of nitrogens with one attached hydrogen (secondary N) is 1. The zero-order valence-electron chi connectivity index (χ0n) is 11.7. The van der Waals surface area contributed by atoms with E-state index in [0.717, 1.165) is 11.0 Å². The third-order valence-corrected chi connectivity index (χ3v) is 4.51. The molecule has 1 aromatic rings. The third kappa shape index (κ3) is 3.17. The van der Waals surface area contributed by atoms with Crippen molar-refractivity contribution >= 4 is 21.9 Å². The molecular weight excluding hydrogens is 308 g/mol. The van der Waals surface area contributed by atoms with Crippen molar-refractivity contribution in [1.29, 1.82) is 0 Å². The van der Waals surface area contributed by atoms with Gasteiger partial charge in [0.05, 0.1) is 17.8 Å². The fourth-order valence-electron chi connectivity index (χ4n) is 2.64. The summed E-state index contributed by atoms with van der Waals surface area (Å²) in [6.45, 7) is 0.866. The molecule has 0 aliphatic heterocycles. The fraction of sp³-hybridized carbons (Fsp3) is 0.692. The van der Waals surface area contributed by atoms with Gasteiger partial charge in [-0.1, -0.05) is 12.8 Å². The minimum atomic E-state index is 0.226. The average Bonchev–Trinajstić information content (AvgIpc) is 2.88. The first-order chi connectivity index (χ1) is 9.07. The van der Waals surface area contributed by atoms with Gasteiger partial charge in [-0.2, -0.15) is 4.98 Å². The van der Waals surface area contributed by atoms with Gasteiger partial charge < -0.3 is 15.0 Å². The van der Waals surface area contributed by atoms with Gasteiger partial charge in [-0.05, 0) is 42.9 Å². The van der Waals surface area contributed by atoms with Crippen molar-refractivity contribution in [1.82, 2.24) is 14.9 Å². The molecule has 1 aliphatic carbocycles. The van der Waals surface area contributed by atoms with Crippen LogP contribution in [0.2, 0.25) is 0 Å². The van der Waals surface area contributed by atoms with E-state index in [4.69, 9.17) is 4.74 Å². The lowest BCUT2D eigenvalue weighted by Gasteiger charge is -2.36. The zero-order chi connectivity index (χ0) is 13.9. The number of nitrogens with zero attached hydrogens (tertiary/aromatic N) is 3. The lowest BCUT2D eigenvalue weighted by atomic mass is 9.96. The second-order valence-corrected chi connectivity index (χ2v) is 6.08. The number of methoxy groups -OCH3 is 1. The Kier molecular flexibility index (Phi) is 4.62. The topological polar surface area (TPSA) is 50.3 Å². The third-order valence-electron chi connectivity index (χ3n) is 3.96. The molecule has 0 unspecified atom stereocenters. The highest BCUT2D eigenvalue weighted by atomic mass is 79.9. The predicted molar refractivity (Wildman–Crippen MR) is 79.7 cm³/mol. The highest BCUT2D eigenvalue weighted by Gasteiger charge is 2.35. The van der Waals surface area contributed by atoms with Gasteiger partial charge in [0.25, 0.3) is 0 Å². The molecule has 1 N–H and O–H groups in total. The molecule has 0 atom stereocenters. The Morgan fingerprint density at radius 1 is 1.42 bits per heavy atom. The number of hydrogen-bond donors (Lipinski definition) is 1. The van der Waals surface area contributed by atoms with E-state index in [1.807, 2.05) is 0 Å². The molecule has 1 aliphatic rings. The van der Waals surface area contributed by atoms with Crippen LogP contribution in [-0.2, 0) is 0 Å². The Labute approximate surface area is 122 Å². The number of hydrogen-bond acceptors (Lipinski definition) is 5. The van der Waals surface area contributed by atoms with E-state index in [1.54, 1.807) is 13.3 Å². The maximum atomic E-state index is 5.18. The van der Waals surface area contributed by atoms with E-state index >= 15 is 0 Å². The van der Waals surface area contributed by atoms with Gasteiger partial charge in [-0.25, -0.2) is 4.98 Å². The quantitative estimate of drug-likeness (QED) is 0.900. The van der Waals surface area contributed by atoms with Crippen molar-refractivity contribution in [3.8, 4) is 5.88 Å². The molecule has 1 heterocycles. The highest BCUT2D eigenvalue weighted by molar-refractivity contribution is 9.10. The molecule has 0 bridgehead atoms. The summed E-state index contributed by atoms with van der Waals surface area (Å²) < 4.78 is 5.95. The first-order valence-electron chi connectivity index (χ1n) is 6.55. The molecule has 1 aromatic heterocycles. The van der Waals surface area contributed by atoms with Gasteiger partial charge in [-0.3, -0.25) is 0 Å². The largest absolute Gasteiger partial charge is 0.480 e. The lowest BCUT2D eigenvalue weighted by Crippen LogP contribution is -2.47. The molecule has 0 amide bonds. The van der Waals surface area contributed by atoms with Crippen LogP contribution in [0.15, 0.2) is 10.7 Å². The van der Waals surface area contributed by atoms with E-state index in [1.165, 1.54) is 25.7 Å². The van der Waals surface area contributed by atoms with E-state index in [2.05, 4.69) is 50.2 Å². The van der Waals surface area contributed by atoms with E-state index in [-0.39, 0.29) is 5.54 Å². The van der Waals surface area contributed by atoms with Crippen molar-refractivity contribution in [3.05, 3.63) is 10.7 Å². The summed E-state index contributed by atoms with van der Waals surface area (Å²) in [6, 6.07) is 0. The number of ether oxygens (including phenoxy) is 1. The maximum Gasteiger partial charge on any atom is 0.232 e. The molecule has 1 fully saturated rings. The summed E-state index contributed by atoms with van der Waals surface area (Å²) in [5.41, 5.74) is 0.226. The predicted octanol–water partition coefficient (Wildman–Crippen LogP) is 2.53. The average molecular weight is 329 g/mol. The zero-order valence-corrected chi connectivity index (χ0v) is 13.3. The Bertz CT molecular complexity index is 433. The number of anilines is 1. The molecule has 19 heavy (non-hydrogen) atoms. The Balaban J connectivity index is 2.05. The molecule has 0 radical (unpaired) electrons. The van der Waals surface area contributed by atoms with Crippen LogP contribution in [0.25, 0.3) is 0 Å². The van der Waals surface area contributed by atoms with Crippen LogP contribution in [0.5, 0.6) is 5.88 Å². The Morgan fingerprint density at radius 3 is 2.68 bits per heavy atom. The summed E-state index contributed by atoms with van der Waals surface area (Å²) >= 11 is 3.36. The van der Waals surface area contributed by atoms with Crippen LogP contribution in [0.4, 0.5) is 5.95 Å². The lowest BCUT2D eigenvalue weighted by molar-refractivity contribution is 0.172. The molecule has 1 saturated carbocycles. The van der Waals surface area contributed by atoms with Gasteiger partial charge in [0.2, 0.25) is 11.8 Å². The minimum absolute atomic E-state index is 0.226. The second kappa shape index (κ2) is 6.05. The maximum absolute atomic E-state index is 5.18. The Morgan fingerprint density at radius 2 is 2.11 bits per heavy atom. The van der Waals surface area contributed by atoms with Crippen LogP contribution < -0.4 is 10.1 Å². The molecule has 106 valence electrons. The minimum Gasteiger partial charge on any atom is -0.480 e. The summed E-state index contributed by atoms with van der Waals surface area (Å²) in [6.07, 6.45) is 6.75. The molecule has 5 nitrogen and oxygen atoms in total. The van der Waals surface area contributed by atoms with Crippen molar-refractivity contribution in [2.75, 3.05) is 33.1 Å². The summed E-state index contributed by atoms with van der Waals surface area (Å²) in [7, 11) is 5.90. The van der Waals surface area contributed by atoms with Crippen LogP contribution in [0.3, 0.4) is 0 Å². The van der Waals surface area contributed by atoms with E-state index in [0.29, 0.717) is 11.8 Å². The monoisotopic (exact) mass is 328 g/mol. The molecule has 0 spiro atoms. The smallest absolute Gasteiger partial charge is 0.232 e. The van der Waals surface area contributed by atoms with Crippen LogP contribution in [-0.4, -0.2) is 48.2 Å². The van der Waals surface area contributed by atoms with Crippen LogP contribution in [0, 0.1) is 0 Å². The van der Waals surface area contributed by atoms with Crippen LogP contribution in [0.1, 0.15) is 25.7 Å². The molecule has 2 rings (SSSR count). The van der Waals surface area contributed by atoms with Gasteiger partial charge in [0, 0.05) is 12.1 Å². The molecule has 6 heteroatoms. The van der Waals surface area contributed by atoms with E-state index in [9.17, 15) is 0 Å². The molecular formula is C13H21BrN4O. The van der Waals surface area contributed by atoms with Gasteiger partial charge in [0.1, 0.15) is 0 Å². The number of likely N-dealkylation sites (N-methyl/N-ethyl adjacent to an activating group) is 1. The highest BCUT2D eigenvalue weighted by Crippen LogP contribution is 2.33. The standard InChI is InChI=1S/C13H21BrN4O/c1-18(2)13(6-4-5-7-13)9-16-12-15-8-10(14)11(17-12)19-3/h8H,4-7,9H2,1-3H3,(H,15,16,17). The normalized spacial score (nSPS) is 17.7. The molecule has 0 aromatic carbocycles. The number of halogens is 1. The summed E-state index contributed by atoms with van der Waals surface area (Å²) in [5, 5.41) is 3.35. The van der Waals surface area contributed by atoms with Gasteiger partial charge >= 0.3 is 0 Å². The first kappa shape index (κ1) is 14.5. The molecule has 0 saturated heterocycles. The summed E-state index contributed by atoms with van der Waals surface area (Å²) in [5.74, 6) is 1.18. The number of rotatable bonds is 5. The van der Waals surface area contributed by atoms with Crippen molar-refractivity contribution in [2.45, 2.75) is 31.2 Å². The Hall–Kier alpha value is -0.880.